The molecule has 2 fully saturated rings. The van der Waals surface area contributed by atoms with Crippen LogP contribution in [-0.2, 0) is 4.79 Å². The van der Waals surface area contributed by atoms with Gasteiger partial charge in [0, 0.05) is 29.7 Å². The lowest BCUT2D eigenvalue weighted by Gasteiger charge is -2.24. The van der Waals surface area contributed by atoms with Crippen molar-refractivity contribution in [2.45, 2.75) is 24.7 Å². The first-order valence-electron chi connectivity index (χ1n) is 8.41. The normalized spacial score (nSPS) is 26.3. The number of fused-ring (bicyclic) bond motifs is 1. The Morgan fingerprint density at radius 2 is 1.86 bits per heavy atom. The summed E-state index contributed by atoms with van der Waals surface area (Å²) in [7, 11) is 0. The molecule has 0 bridgehead atoms. The molecule has 2 saturated heterocycles. The number of thioether (sulfide) groups is 1. The molecule has 1 aromatic carbocycles. The topological polar surface area (TPSA) is 32.3 Å². The smallest absolute Gasteiger partial charge is 0.226 e. The third-order valence-electron chi connectivity index (χ3n) is 5.00. The van der Waals surface area contributed by atoms with Crippen LogP contribution in [0, 0.1) is 17.8 Å². The molecule has 0 aliphatic carbocycles. The third kappa shape index (κ3) is 3.85. The number of amides is 1. The SMILES string of the molecule is CC(CSc1ccccc1)C(=O)N1CC[C@@H]2CNC[C@@H]2CC1. The summed E-state index contributed by atoms with van der Waals surface area (Å²) in [5.41, 5.74) is 0. The van der Waals surface area contributed by atoms with E-state index in [0.717, 1.165) is 43.8 Å². The number of rotatable bonds is 4. The molecule has 1 unspecified atom stereocenters. The fraction of sp³-hybridized carbons (Fsp3) is 0.611. The molecule has 0 radical (unpaired) electrons. The summed E-state index contributed by atoms with van der Waals surface area (Å²) >= 11 is 1.79. The van der Waals surface area contributed by atoms with Crippen LogP contribution in [0.4, 0.5) is 0 Å². The maximum Gasteiger partial charge on any atom is 0.226 e. The molecule has 3 atom stereocenters. The molecule has 0 aromatic heterocycles. The molecule has 1 amide bonds. The first-order valence-corrected chi connectivity index (χ1v) is 9.40. The lowest BCUT2D eigenvalue weighted by atomic mass is 9.92. The number of hydrogen-bond acceptors (Lipinski definition) is 3. The molecule has 3 rings (SSSR count). The molecule has 4 heteroatoms. The minimum atomic E-state index is 0.0984. The van der Waals surface area contributed by atoms with Crippen LogP contribution in [0.5, 0.6) is 0 Å². The Labute approximate surface area is 137 Å². The minimum Gasteiger partial charge on any atom is -0.342 e. The zero-order valence-corrected chi connectivity index (χ0v) is 14.1. The van der Waals surface area contributed by atoms with Gasteiger partial charge in [0.2, 0.25) is 5.91 Å². The maximum absolute atomic E-state index is 12.7. The number of carbonyl (C=O) groups excluding carboxylic acids is 1. The second-order valence-electron chi connectivity index (χ2n) is 6.61. The average molecular weight is 318 g/mol. The van der Waals surface area contributed by atoms with Gasteiger partial charge in [0.15, 0.2) is 0 Å². The predicted octanol–water partition coefficient (Wildman–Crippen LogP) is 2.87. The lowest BCUT2D eigenvalue weighted by molar-refractivity contribution is -0.134. The van der Waals surface area contributed by atoms with Crippen LogP contribution in [-0.4, -0.2) is 42.7 Å². The van der Waals surface area contributed by atoms with E-state index in [9.17, 15) is 4.79 Å². The number of benzene rings is 1. The second kappa shape index (κ2) is 7.51. The number of hydrogen-bond donors (Lipinski definition) is 1. The van der Waals surface area contributed by atoms with Gasteiger partial charge in [-0.3, -0.25) is 4.79 Å². The molecule has 2 heterocycles. The lowest BCUT2D eigenvalue weighted by Crippen LogP contribution is -2.37. The minimum absolute atomic E-state index is 0.0984. The van der Waals surface area contributed by atoms with Crippen LogP contribution >= 0.6 is 11.8 Å². The molecule has 2 aliphatic heterocycles. The van der Waals surface area contributed by atoms with Crippen molar-refractivity contribution in [3.63, 3.8) is 0 Å². The average Bonchev–Trinajstić information content (AvgIpc) is 2.91. The van der Waals surface area contributed by atoms with Gasteiger partial charge in [-0.05, 0) is 49.9 Å². The summed E-state index contributed by atoms with van der Waals surface area (Å²) < 4.78 is 0. The molecule has 1 N–H and O–H groups in total. The molecular weight excluding hydrogens is 292 g/mol. The van der Waals surface area contributed by atoms with Crippen LogP contribution in [0.1, 0.15) is 19.8 Å². The molecule has 1 aromatic rings. The Hall–Kier alpha value is -1.00. The largest absolute Gasteiger partial charge is 0.342 e. The number of likely N-dealkylation sites (tertiary alicyclic amines) is 1. The van der Waals surface area contributed by atoms with E-state index in [1.807, 2.05) is 6.07 Å². The van der Waals surface area contributed by atoms with Crippen molar-refractivity contribution in [1.82, 2.24) is 10.2 Å². The predicted molar refractivity (Wildman–Crippen MR) is 92.0 cm³/mol. The Kier molecular flexibility index (Phi) is 5.42. The maximum atomic E-state index is 12.7. The Morgan fingerprint density at radius 3 is 2.50 bits per heavy atom. The fourth-order valence-electron chi connectivity index (χ4n) is 3.56. The van der Waals surface area contributed by atoms with Gasteiger partial charge in [-0.2, -0.15) is 0 Å². The molecular formula is C18H26N2OS. The Balaban J connectivity index is 1.50. The van der Waals surface area contributed by atoms with Crippen molar-refractivity contribution in [2.75, 3.05) is 31.9 Å². The van der Waals surface area contributed by atoms with Crippen molar-refractivity contribution in [3.8, 4) is 0 Å². The van der Waals surface area contributed by atoms with Crippen LogP contribution in [0.3, 0.4) is 0 Å². The van der Waals surface area contributed by atoms with Crippen molar-refractivity contribution in [3.05, 3.63) is 30.3 Å². The quantitative estimate of drug-likeness (QED) is 0.867. The summed E-state index contributed by atoms with van der Waals surface area (Å²) in [4.78, 5) is 16.1. The molecule has 22 heavy (non-hydrogen) atoms. The highest BCUT2D eigenvalue weighted by Crippen LogP contribution is 2.28. The zero-order valence-electron chi connectivity index (χ0n) is 13.3. The van der Waals surface area contributed by atoms with E-state index >= 15 is 0 Å². The Morgan fingerprint density at radius 1 is 1.23 bits per heavy atom. The van der Waals surface area contributed by atoms with Gasteiger partial charge in [-0.15, -0.1) is 11.8 Å². The van der Waals surface area contributed by atoms with Gasteiger partial charge in [-0.1, -0.05) is 25.1 Å². The van der Waals surface area contributed by atoms with E-state index in [4.69, 9.17) is 0 Å². The van der Waals surface area contributed by atoms with Crippen LogP contribution in [0.25, 0.3) is 0 Å². The van der Waals surface area contributed by atoms with Gasteiger partial charge >= 0.3 is 0 Å². The number of nitrogens with zero attached hydrogens (tertiary/aromatic N) is 1. The van der Waals surface area contributed by atoms with E-state index in [2.05, 4.69) is 41.4 Å². The van der Waals surface area contributed by atoms with Gasteiger partial charge in [0.25, 0.3) is 0 Å². The van der Waals surface area contributed by atoms with Crippen molar-refractivity contribution >= 4 is 17.7 Å². The molecule has 120 valence electrons. The fourth-order valence-corrected chi connectivity index (χ4v) is 4.49. The van der Waals surface area contributed by atoms with Gasteiger partial charge in [0.1, 0.15) is 0 Å². The van der Waals surface area contributed by atoms with E-state index in [0.29, 0.717) is 5.91 Å². The van der Waals surface area contributed by atoms with E-state index in [1.165, 1.54) is 17.7 Å². The van der Waals surface area contributed by atoms with E-state index < -0.39 is 0 Å². The summed E-state index contributed by atoms with van der Waals surface area (Å²) in [6, 6.07) is 10.4. The second-order valence-corrected chi connectivity index (χ2v) is 7.70. The summed E-state index contributed by atoms with van der Waals surface area (Å²) in [6.45, 7) is 6.26. The van der Waals surface area contributed by atoms with Crippen molar-refractivity contribution < 1.29 is 4.79 Å². The highest BCUT2D eigenvalue weighted by molar-refractivity contribution is 7.99. The molecule has 0 spiro atoms. The van der Waals surface area contributed by atoms with Gasteiger partial charge in [0.05, 0.1) is 0 Å². The van der Waals surface area contributed by atoms with E-state index in [1.54, 1.807) is 11.8 Å². The molecule has 2 aliphatic rings. The Bertz CT molecular complexity index is 479. The molecule has 3 nitrogen and oxygen atoms in total. The highest BCUT2D eigenvalue weighted by Gasteiger charge is 2.32. The first-order chi connectivity index (χ1) is 10.7. The van der Waals surface area contributed by atoms with Crippen molar-refractivity contribution in [2.24, 2.45) is 17.8 Å². The number of nitrogens with one attached hydrogen (secondary N) is 1. The highest BCUT2D eigenvalue weighted by atomic mass is 32.2. The summed E-state index contributed by atoms with van der Waals surface area (Å²) in [5, 5.41) is 3.49. The van der Waals surface area contributed by atoms with Crippen molar-refractivity contribution in [1.29, 1.82) is 0 Å². The standard InChI is InChI=1S/C18H26N2OS/c1-14(13-22-17-5-3-2-4-6-17)18(21)20-9-7-15-11-19-12-16(15)8-10-20/h2-6,14-16,19H,7-13H2,1H3/t14?,15-,16+. The van der Waals surface area contributed by atoms with E-state index in [-0.39, 0.29) is 5.92 Å². The molecule has 0 saturated carbocycles. The summed E-state index contributed by atoms with van der Waals surface area (Å²) in [5.74, 6) is 2.88. The summed E-state index contributed by atoms with van der Waals surface area (Å²) in [6.07, 6.45) is 2.34. The van der Waals surface area contributed by atoms with Crippen LogP contribution < -0.4 is 5.32 Å². The number of carbonyl (C=O) groups is 1. The monoisotopic (exact) mass is 318 g/mol. The zero-order chi connectivity index (χ0) is 15.4. The van der Waals surface area contributed by atoms with Gasteiger partial charge in [-0.25, -0.2) is 0 Å². The third-order valence-corrected chi connectivity index (χ3v) is 6.27. The van der Waals surface area contributed by atoms with Crippen LogP contribution in [0.2, 0.25) is 0 Å². The van der Waals surface area contributed by atoms with Gasteiger partial charge < -0.3 is 10.2 Å². The van der Waals surface area contributed by atoms with Crippen LogP contribution in [0.15, 0.2) is 35.2 Å². The first kappa shape index (κ1) is 15.9.